The molecule has 1 N–H and O–H groups in total. The molecule has 0 unspecified atom stereocenters. The Balaban J connectivity index is 1.49. The number of fused-ring (bicyclic) bond motifs is 1. The predicted octanol–water partition coefficient (Wildman–Crippen LogP) is 1.85. The second kappa shape index (κ2) is 5.10. The van der Waals surface area contributed by atoms with Crippen LogP contribution in [0.5, 0.6) is 11.5 Å². The Morgan fingerprint density at radius 2 is 2.00 bits per heavy atom. The topological polar surface area (TPSA) is 50.8 Å². The fourth-order valence-corrected chi connectivity index (χ4v) is 2.28. The molecule has 1 amide bonds. The number of nitrogens with one attached hydrogen (secondary N) is 1. The number of carbonyl (C=O) groups is 1. The van der Waals surface area contributed by atoms with Gasteiger partial charge in [-0.3, -0.25) is 9.69 Å². The Morgan fingerprint density at radius 1 is 1.29 bits per heavy atom. The second-order valence-corrected chi connectivity index (χ2v) is 5.05. The minimum absolute atomic E-state index is 0.0545. The third-order valence-electron chi connectivity index (χ3n) is 3.44. The number of amides is 1. The zero-order valence-corrected chi connectivity index (χ0v) is 10.9. The van der Waals surface area contributed by atoms with Crippen molar-refractivity contribution < 1.29 is 27.4 Å². The standard InChI is InChI=1S/C13H13F3N2O3/c14-13(15,16)8-4-18(5-8)6-12(19)17-9-1-2-10-11(3-9)21-7-20-10/h1-3,8H,4-7H2,(H,17,19). The Morgan fingerprint density at radius 3 is 2.71 bits per heavy atom. The first-order chi connectivity index (χ1) is 9.91. The van der Waals surface area contributed by atoms with Gasteiger partial charge in [-0.1, -0.05) is 0 Å². The van der Waals surface area contributed by atoms with Crippen molar-refractivity contribution in [1.29, 1.82) is 0 Å². The van der Waals surface area contributed by atoms with Gasteiger partial charge in [-0.15, -0.1) is 0 Å². The third-order valence-corrected chi connectivity index (χ3v) is 3.44. The van der Waals surface area contributed by atoms with Crippen molar-refractivity contribution in [1.82, 2.24) is 4.90 Å². The summed E-state index contributed by atoms with van der Waals surface area (Å²) in [7, 11) is 0. The molecule has 1 aromatic rings. The number of nitrogens with zero attached hydrogens (tertiary/aromatic N) is 1. The van der Waals surface area contributed by atoms with Gasteiger partial charge in [0.15, 0.2) is 11.5 Å². The zero-order chi connectivity index (χ0) is 15.0. The van der Waals surface area contributed by atoms with Gasteiger partial charge in [0.2, 0.25) is 12.7 Å². The fourth-order valence-electron chi connectivity index (χ4n) is 2.28. The largest absolute Gasteiger partial charge is 0.454 e. The predicted molar refractivity (Wildman–Crippen MR) is 67.2 cm³/mol. The van der Waals surface area contributed by atoms with Crippen LogP contribution in [-0.2, 0) is 4.79 Å². The fraction of sp³-hybridized carbons (Fsp3) is 0.462. The molecule has 2 aliphatic rings. The van der Waals surface area contributed by atoms with Crippen molar-refractivity contribution in [3.8, 4) is 11.5 Å². The molecule has 0 radical (unpaired) electrons. The molecule has 5 nitrogen and oxygen atoms in total. The lowest BCUT2D eigenvalue weighted by Crippen LogP contribution is -2.55. The highest BCUT2D eigenvalue weighted by molar-refractivity contribution is 5.92. The number of ether oxygens (including phenoxy) is 2. The summed E-state index contributed by atoms with van der Waals surface area (Å²) >= 11 is 0. The summed E-state index contributed by atoms with van der Waals surface area (Å²) < 4.78 is 47.3. The molecule has 3 rings (SSSR count). The number of hydrogen-bond acceptors (Lipinski definition) is 4. The van der Waals surface area contributed by atoms with E-state index in [4.69, 9.17) is 9.47 Å². The molecular formula is C13H13F3N2O3. The molecule has 21 heavy (non-hydrogen) atoms. The molecule has 0 spiro atoms. The van der Waals surface area contributed by atoms with E-state index in [2.05, 4.69) is 5.32 Å². The molecular weight excluding hydrogens is 289 g/mol. The van der Waals surface area contributed by atoms with E-state index in [1.54, 1.807) is 18.2 Å². The quantitative estimate of drug-likeness (QED) is 0.926. The highest BCUT2D eigenvalue weighted by atomic mass is 19.4. The van der Waals surface area contributed by atoms with E-state index in [0.29, 0.717) is 17.2 Å². The van der Waals surface area contributed by atoms with E-state index in [9.17, 15) is 18.0 Å². The molecule has 2 aliphatic heterocycles. The maximum atomic E-state index is 12.3. The van der Waals surface area contributed by atoms with Crippen LogP contribution in [0.1, 0.15) is 0 Å². The molecule has 1 aromatic carbocycles. The number of likely N-dealkylation sites (tertiary alicyclic amines) is 1. The summed E-state index contributed by atoms with van der Waals surface area (Å²) in [5.41, 5.74) is 0.525. The molecule has 114 valence electrons. The minimum Gasteiger partial charge on any atom is -0.454 e. The summed E-state index contributed by atoms with van der Waals surface area (Å²) in [5, 5.41) is 2.63. The molecule has 0 atom stereocenters. The molecule has 1 fully saturated rings. The highest BCUT2D eigenvalue weighted by Crippen LogP contribution is 2.35. The molecule has 1 saturated heterocycles. The zero-order valence-electron chi connectivity index (χ0n) is 10.9. The summed E-state index contributed by atoms with van der Waals surface area (Å²) in [6.45, 7) is -0.170. The van der Waals surface area contributed by atoms with E-state index in [0.717, 1.165) is 0 Å². The number of anilines is 1. The van der Waals surface area contributed by atoms with Crippen LogP contribution >= 0.6 is 0 Å². The third kappa shape index (κ3) is 3.05. The lowest BCUT2D eigenvalue weighted by atomic mass is 10.00. The van der Waals surface area contributed by atoms with Crippen molar-refractivity contribution >= 4 is 11.6 Å². The van der Waals surface area contributed by atoms with Gasteiger partial charge in [0.05, 0.1) is 12.5 Å². The lowest BCUT2D eigenvalue weighted by molar-refractivity contribution is -0.208. The first kappa shape index (κ1) is 14.0. The van der Waals surface area contributed by atoms with Gasteiger partial charge < -0.3 is 14.8 Å². The van der Waals surface area contributed by atoms with Gasteiger partial charge >= 0.3 is 6.18 Å². The van der Waals surface area contributed by atoms with Gasteiger partial charge in [0.1, 0.15) is 0 Å². The molecule has 8 heteroatoms. The summed E-state index contributed by atoms with van der Waals surface area (Å²) in [5.74, 6) is -0.539. The Hall–Kier alpha value is -1.96. The van der Waals surface area contributed by atoms with E-state index >= 15 is 0 Å². The molecule has 0 aliphatic carbocycles. The molecule has 0 saturated carbocycles. The highest BCUT2D eigenvalue weighted by Gasteiger charge is 2.47. The summed E-state index contributed by atoms with van der Waals surface area (Å²) in [6, 6.07) is 4.94. The number of rotatable bonds is 3. The van der Waals surface area contributed by atoms with Crippen molar-refractivity contribution in [3.63, 3.8) is 0 Å². The Labute approximate surface area is 118 Å². The lowest BCUT2D eigenvalue weighted by Gasteiger charge is -2.39. The number of hydrogen-bond donors (Lipinski definition) is 1. The van der Waals surface area contributed by atoms with Crippen LogP contribution in [-0.4, -0.2) is 43.4 Å². The molecule has 0 aromatic heterocycles. The summed E-state index contributed by atoms with van der Waals surface area (Å²) in [6.07, 6.45) is -4.18. The normalized spacial score (nSPS) is 18.4. The first-order valence-corrected chi connectivity index (χ1v) is 6.40. The first-order valence-electron chi connectivity index (χ1n) is 6.40. The van der Waals surface area contributed by atoms with Crippen LogP contribution < -0.4 is 14.8 Å². The van der Waals surface area contributed by atoms with Gasteiger partial charge in [0.25, 0.3) is 0 Å². The number of halogens is 3. The minimum atomic E-state index is -4.18. The van der Waals surface area contributed by atoms with E-state index in [1.165, 1.54) is 4.90 Å². The van der Waals surface area contributed by atoms with Crippen LogP contribution in [0.3, 0.4) is 0 Å². The van der Waals surface area contributed by atoms with Gasteiger partial charge in [-0.25, -0.2) is 0 Å². The van der Waals surface area contributed by atoms with E-state index < -0.39 is 12.1 Å². The SMILES string of the molecule is O=C(CN1CC(C(F)(F)F)C1)Nc1ccc2c(c1)OCO2. The van der Waals surface area contributed by atoms with Crippen LogP contribution in [0, 0.1) is 5.92 Å². The van der Waals surface area contributed by atoms with Gasteiger partial charge in [-0.2, -0.15) is 13.2 Å². The number of benzene rings is 1. The maximum absolute atomic E-state index is 12.3. The maximum Gasteiger partial charge on any atom is 0.394 e. The summed E-state index contributed by atoms with van der Waals surface area (Å²) in [4.78, 5) is 13.2. The number of alkyl halides is 3. The molecule has 0 bridgehead atoms. The molecule has 2 heterocycles. The van der Waals surface area contributed by atoms with Crippen molar-refractivity contribution in [2.75, 3.05) is 31.7 Å². The smallest absolute Gasteiger partial charge is 0.394 e. The average molecular weight is 302 g/mol. The van der Waals surface area contributed by atoms with Gasteiger partial charge in [-0.05, 0) is 12.1 Å². The van der Waals surface area contributed by atoms with Crippen molar-refractivity contribution in [3.05, 3.63) is 18.2 Å². The second-order valence-electron chi connectivity index (χ2n) is 5.05. The Bertz CT molecular complexity index is 556. The van der Waals surface area contributed by atoms with E-state index in [-0.39, 0.29) is 32.3 Å². The van der Waals surface area contributed by atoms with Crippen LogP contribution in [0.15, 0.2) is 18.2 Å². The van der Waals surface area contributed by atoms with Gasteiger partial charge in [0, 0.05) is 24.8 Å². The van der Waals surface area contributed by atoms with Crippen LogP contribution in [0.4, 0.5) is 18.9 Å². The van der Waals surface area contributed by atoms with E-state index in [1.807, 2.05) is 0 Å². The van der Waals surface area contributed by atoms with Crippen molar-refractivity contribution in [2.45, 2.75) is 6.18 Å². The van der Waals surface area contributed by atoms with Crippen LogP contribution in [0.25, 0.3) is 0 Å². The Kier molecular flexibility index (Phi) is 3.40. The van der Waals surface area contributed by atoms with Crippen LogP contribution in [0.2, 0.25) is 0 Å². The van der Waals surface area contributed by atoms with Crippen molar-refractivity contribution in [2.24, 2.45) is 5.92 Å². The average Bonchev–Trinajstić information content (AvgIpc) is 2.79. The monoisotopic (exact) mass is 302 g/mol. The number of carbonyl (C=O) groups excluding carboxylic acids is 1.